The first-order valence-electron chi connectivity index (χ1n) is 7.56. The standard InChI is InChI=1S/C14H20N2O6S2/c17-14(18)8-5-9-15-23(19,20)12-6-1-2-7-13(12)24(21,22)16-10-3-4-11-16/h1-2,6-7,15H,3-5,8-11H2,(H,17,18). The molecule has 0 radical (unpaired) electrons. The van der Waals surface area contributed by atoms with Crippen LogP contribution in [0.2, 0.25) is 0 Å². The van der Waals surface area contributed by atoms with Gasteiger partial charge in [0.2, 0.25) is 20.0 Å². The van der Waals surface area contributed by atoms with Gasteiger partial charge in [0.1, 0.15) is 9.79 Å². The van der Waals surface area contributed by atoms with Crippen molar-refractivity contribution in [3.05, 3.63) is 24.3 Å². The molecule has 1 aromatic carbocycles. The van der Waals surface area contributed by atoms with Crippen molar-refractivity contribution in [2.45, 2.75) is 35.5 Å². The number of rotatable bonds is 8. The van der Waals surface area contributed by atoms with Crippen molar-refractivity contribution < 1.29 is 26.7 Å². The van der Waals surface area contributed by atoms with Crippen LogP contribution in [0.4, 0.5) is 0 Å². The molecule has 0 unspecified atom stereocenters. The van der Waals surface area contributed by atoms with E-state index in [-0.39, 0.29) is 29.2 Å². The maximum Gasteiger partial charge on any atom is 0.303 e. The molecule has 0 aliphatic carbocycles. The smallest absolute Gasteiger partial charge is 0.303 e. The summed E-state index contributed by atoms with van der Waals surface area (Å²) in [5, 5.41) is 8.57. The van der Waals surface area contributed by atoms with E-state index >= 15 is 0 Å². The quantitative estimate of drug-likeness (QED) is 0.642. The molecule has 0 aromatic heterocycles. The van der Waals surface area contributed by atoms with Gasteiger partial charge in [-0.15, -0.1) is 0 Å². The number of carbonyl (C=O) groups is 1. The number of carboxylic acids is 1. The number of hydrogen-bond acceptors (Lipinski definition) is 5. The third kappa shape index (κ3) is 4.32. The highest BCUT2D eigenvalue weighted by Crippen LogP contribution is 2.26. The van der Waals surface area contributed by atoms with E-state index in [0.717, 1.165) is 12.8 Å². The summed E-state index contributed by atoms with van der Waals surface area (Å²) in [6.07, 6.45) is 1.45. The summed E-state index contributed by atoms with van der Waals surface area (Å²) in [5.41, 5.74) is 0. The van der Waals surface area contributed by atoms with Gasteiger partial charge in [-0.3, -0.25) is 4.79 Å². The molecule has 0 bridgehead atoms. The lowest BCUT2D eigenvalue weighted by Gasteiger charge is -2.18. The van der Waals surface area contributed by atoms with Crippen LogP contribution in [0.5, 0.6) is 0 Å². The highest BCUT2D eigenvalue weighted by atomic mass is 32.2. The lowest BCUT2D eigenvalue weighted by Crippen LogP contribution is -2.31. The highest BCUT2D eigenvalue weighted by molar-refractivity contribution is 7.92. The molecule has 1 aliphatic heterocycles. The molecular weight excluding hydrogens is 356 g/mol. The summed E-state index contributed by atoms with van der Waals surface area (Å²) < 4.78 is 53.7. The average Bonchev–Trinajstić information content (AvgIpc) is 3.07. The molecule has 134 valence electrons. The summed E-state index contributed by atoms with van der Waals surface area (Å²) in [6.45, 7) is 0.679. The molecule has 0 spiro atoms. The summed E-state index contributed by atoms with van der Waals surface area (Å²) in [6, 6.07) is 5.45. The van der Waals surface area contributed by atoms with Crippen LogP contribution in [0.25, 0.3) is 0 Å². The number of aliphatic carboxylic acids is 1. The van der Waals surface area contributed by atoms with E-state index in [9.17, 15) is 21.6 Å². The van der Waals surface area contributed by atoms with Crippen LogP contribution in [0.1, 0.15) is 25.7 Å². The normalized spacial score (nSPS) is 16.3. The van der Waals surface area contributed by atoms with Gasteiger partial charge in [-0.2, -0.15) is 4.31 Å². The van der Waals surface area contributed by atoms with E-state index in [1.165, 1.54) is 28.6 Å². The predicted molar refractivity (Wildman–Crippen MR) is 86.5 cm³/mol. The Morgan fingerprint density at radius 3 is 2.25 bits per heavy atom. The zero-order valence-corrected chi connectivity index (χ0v) is 14.6. The third-order valence-electron chi connectivity index (χ3n) is 3.68. The topological polar surface area (TPSA) is 121 Å². The second-order valence-corrected chi connectivity index (χ2v) is 9.09. The predicted octanol–water partition coefficient (Wildman–Crippen LogP) is 0.614. The Morgan fingerprint density at radius 1 is 1.08 bits per heavy atom. The molecule has 1 heterocycles. The Hall–Kier alpha value is -1.49. The van der Waals surface area contributed by atoms with Gasteiger partial charge < -0.3 is 5.11 Å². The lowest BCUT2D eigenvalue weighted by molar-refractivity contribution is -0.137. The number of hydrogen-bond donors (Lipinski definition) is 2. The number of nitrogens with zero attached hydrogens (tertiary/aromatic N) is 1. The van der Waals surface area contributed by atoms with Gasteiger partial charge in [0.25, 0.3) is 0 Å². The Labute approximate surface area is 141 Å². The van der Waals surface area contributed by atoms with Crippen LogP contribution < -0.4 is 4.72 Å². The summed E-state index contributed by atoms with van der Waals surface area (Å²) in [7, 11) is -7.93. The van der Waals surface area contributed by atoms with Crippen LogP contribution in [-0.2, 0) is 24.8 Å². The van der Waals surface area contributed by atoms with Crippen molar-refractivity contribution in [2.75, 3.05) is 19.6 Å². The molecule has 0 amide bonds. The molecule has 1 saturated heterocycles. The van der Waals surface area contributed by atoms with Crippen LogP contribution in [0.15, 0.2) is 34.1 Å². The molecule has 0 saturated carbocycles. The summed E-state index contributed by atoms with van der Waals surface area (Å²) in [4.78, 5) is 9.90. The molecule has 24 heavy (non-hydrogen) atoms. The van der Waals surface area contributed by atoms with Crippen molar-refractivity contribution in [3.8, 4) is 0 Å². The van der Waals surface area contributed by atoms with Crippen LogP contribution >= 0.6 is 0 Å². The largest absolute Gasteiger partial charge is 0.481 e. The van der Waals surface area contributed by atoms with Crippen LogP contribution in [0.3, 0.4) is 0 Å². The number of benzene rings is 1. The summed E-state index contributed by atoms with van der Waals surface area (Å²) >= 11 is 0. The van der Waals surface area contributed by atoms with E-state index in [0.29, 0.717) is 13.1 Å². The molecule has 1 aliphatic rings. The Balaban J connectivity index is 2.26. The van der Waals surface area contributed by atoms with Gasteiger partial charge in [-0.05, 0) is 31.4 Å². The fourth-order valence-electron chi connectivity index (χ4n) is 2.48. The molecule has 2 N–H and O–H groups in total. The zero-order chi connectivity index (χ0) is 17.8. The maximum atomic E-state index is 12.7. The molecule has 1 fully saturated rings. The van der Waals surface area contributed by atoms with Gasteiger partial charge in [0.05, 0.1) is 0 Å². The highest BCUT2D eigenvalue weighted by Gasteiger charge is 2.32. The van der Waals surface area contributed by atoms with Crippen molar-refractivity contribution in [1.82, 2.24) is 9.03 Å². The molecule has 10 heteroatoms. The number of nitrogens with one attached hydrogen (secondary N) is 1. The Kier molecular flexibility index (Phi) is 5.97. The third-order valence-corrected chi connectivity index (χ3v) is 7.29. The second kappa shape index (κ2) is 7.60. The van der Waals surface area contributed by atoms with Gasteiger partial charge in [0, 0.05) is 26.1 Å². The number of carboxylic acid groups (broad SMARTS) is 1. The first-order chi connectivity index (χ1) is 11.2. The SMILES string of the molecule is O=C(O)CCCNS(=O)(=O)c1ccccc1S(=O)(=O)N1CCCC1. The fourth-order valence-corrected chi connectivity index (χ4v) is 5.87. The van der Waals surface area contributed by atoms with E-state index in [2.05, 4.69) is 4.72 Å². The second-order valence-electron chi connectivity index (χ2n) is 5.45. The van der Waals surface area contributed by atoms with Crippen molar-refractivity contribution in [3.63, 3.8) is 0 Å². The van der Waals surface area contributed by atoms with Gasteiger partial charge >= 0.3 is 5.97 Å². The summed E-state index contributed by atoms with van der Waals surface area (Å²) in [5.74, 6) is -1.02. The van der Waals surface area contributed by atoms with E-state index in [4.69, 9.17) is 5.11 Å². The van der Waals surface area contributed by atoms with Crippen molar-refractivity contribution in [2.24, 2.45) is 0 Å². The Bertz CT molecular complexity index is 798. The fraction of sp³-hybridized carbons (Fsp3) is 0.500. The van der Waals surface area contributed by atoms with Crippen molar-refractivity contribution in [1.29, 1.82) is 0 Å². The lowest BCUT2D eigenvalue weighted by atomic mass is 10.3. The van der Waals surface area contributed by atoms with Gasteiger partial charge in [-0.25, -0.2) is 21.6 Å². The minimum Gasteiger partial charge on any atom is -0.481 e. The molecule has 1 aromatic rings. The molecule has 8 nitrogen and oxygen atoms in total. The minimum absolute atomic E-state index is 0.0767. The molecular formula is C14H20N2O6S2. The zero-order valence-electron chi connectivity index (χ0n) is 13.0. The van der Waals surface area contributed by atoms with E-state index in [1.807, 2.05) is 0 Å². The van der Waals surface area contributed by atoms with E-state index in [1.54, 1.807) is 0 Å². The monoisotopic (exact) mass is 376 g/mol. The molecule has 0 atom stereocenters. The maximum absolute atomic E-state index is 12.7. The average molecular weight is 376 g/mol. The number of sulfonamides is 2. The van der Waals surface area contributed by atoms with Gasteiger partial charge in [-0.1, -0.05) is 12.1 Å². The Morgan fingerprint density at radius 2 is 1.67 bits per heavy atom. The molecule has 2 rings (SSSR count). The minimum atomic E-state index is -4.05. The van der Waals surface area contributed by atoms with Crippen LogP contribution in [0, 0.1) is 0 Å². The van der Waals surface area contributed by atoms with Gasteiger partial charge in [0.15, 0.2) is 0 Å². The van der Waals surface area contributed by atoms with E-state index < -0.39 is 26.0 Å². The van der Waals surface area contributed by atoms with Crippen LogP contribution in [-0.4, -0.2) is 51.9 Å². The first kappa shape index (κ1) is 18.8. The first-order valence-corrected chi connectivity index (χ1v) is 10.5. The van der Waals surface area contributed by atoms with Crippen molar-refractivity contribution >= 4 is 26.0 Å².